The van der Waals surface area contributed by atoms with Crippen molar-refractivity contribution < 1.29 is 19.5 Å². The molecule has 1 fully saturated rings. The van der Waals surface area contributed by atoms with E-state index in [-0.39, 0.29) is 29.8 Å². The summed E-state index contributed by atoms with van der Waals surface area (Å²) < 4.78 is 1.43. The SMILES string of the molecule is CCCC(=O)N1CCCc2cc(C(=O)NCCCCC(=O)N3CCC(O)(Cn4cnc5cc(Cl)ccc5c4=O)CC3)ccc21. The molecule has 10 nitrogen and oxygen atoms in total. The maximum atomic E-state index is 12.9. The third kappa shape index (κ3) is 7.30. The van der Waals surface area contributed by atoms with E-state index in [1.165, 1.54) is 10.9 Å². The number of amides is 3. The summed E-state index contributed by atoms with van der Waals surface area (Å²) in [5.41, 5.74) is 1.69. The molecule has 0 aliphatic carbocycles. The number of halogens is 1. The van der Waals surface area contributed by atoms with Gasteiger partial charge in [0.1, 0.15) is 0 Å². The number of aliphatic hydroxyl groups is 1. The van der Waals surface area contributed by atoms with Crippen molar-refractivity contribution in [2.45, 2.75) is 76.9 Å². The lowest BCUT2D eigenvalue weighted by molar-refractivity contribution is -0.136. The maximum absolute atomic E-state index is 12.9. The Kier molecular flexibility index (Phi) is 10.0. The summed E-state index contributed by atoms with van der Waals surface area (Å²) in [6.45, 7) is 4.11. The molecule has 2 aromatic carbocycles. The molecule has 0 atom stereocenters. The summed E-state index contributed by atoms with van der Waals surface area (Å²) in [4.78, 5) is 58.9. The number of hydrogen-bond acceptors (Lipinski definition) is 6. The molecule has 234 valence electrons. The number of unbranched alkanes of at least 4 members (excludes halogenated alkanes) is 1. The number of likely N-dealkylation sites (tertiary alicyclic amines) is 1. The van der Waals surface area contributed by atoms with Crippen molar-refractivity contribution in [2.24, 2.45) is 0 Å². The van der Waals surface area contributed by atoms with Gasteiger partial charge in [-0.05, 0) is 86.9 Å². The van der Waals surface area contributed by atoms with E-state index in [0.29, 0.717) is 79.6 Å². The molecule has 0 radical (unpaired) electrons. The van der Waals surface area contributed by atoms with Gasteiger partial charge in [0, 0.05) is 55.3 Å². The first-order valence-corrected chi connectivity index (χ1v) is 15.9. The highest BCUT2D eigenvalue weighted by Crippen LogP contribution is 2.29. The van der Waals surface area contributed by atoms with Crippen LogP contribution in [0.4, 0.5) is 5.69 Å². The van der Waals surface area contributed by atoms with Gasteiger partial charge in [-0.3, -0.25) is 23.7 Å². The lowest BCUT2D eigenvalue weighted by Crippen LogP contribution is -2.49. The molecule has 3 heterocycles. The van der Waals surface area contributed by atoms with Crippen molar-refractivity contribution in [3.63, 3.8) is 0 Å². The van der Waals surface area contributed by atoms with Crippen molar-refractivity contribution >= 4 is 45.9 Å². The van der Waals surface area contributed by atoms with E-state index in [4.69, 9.17) is 11.6 Å². The van der Waals surface area contributed by atoms with Crippen molar-refractivity contribution in [1.82, 2.24) is 19.8 Å². The normalized spacial score (nSPS) is 16.1. The second-order valence-electron chi connectivity index (χ2n) is 11.9. The number of aryl methyl sites for hydroxylation is 1. The van der Waals surface area contributed by atoms with Crippen molar-refractivity contribution in [3.8, 4) is 0 Å². The fourth-order valence-electron chi connectivity index (χ4n) is 6.10. The van der Waals surface area contributed by atoms with Crippen LogP contribution in [-0.4, -0.2) is 69.1 Å². The van der Waals surface area contributed by atoms with Gasteiger partial charge in [-0.1, -0.05) is 18.5 Å². The lowest BCUT2D eigenvalue weighted by Gasteiger charge is -2.38. The van der Waals surface area contributed by atoms with Crippen LogP contribution >= 0.6 is 11.6 Å². The largest absolute Gasteiger partial charge is 0.388 e. The predicted octanol–water partition coefficient (Wildman–Crippen LogP) is 4.08. The molecule has 0 saturated carbocycles. The zero-order chi connectivity index (χ0) is 31.3. The van der Waals surface area contributed by atoms with Crippen LogP contribution in [0.25, 0.3) is 10.9 Å². The third-order valence-corrected chi connectivity index (χ3v) is 8.86. The zero-order valence-electron chi connectivity index (χ0n) is 25.2. The second-order valence-corrected chi connectivity index (χ2v) is 12.3. The monoisotopic (exact) mass is 621 g/mol. The molecular weight excluding hydrogens is 582 g/mol. The topological polar surface area (TPSA) is 125 Å². The molecule has 3 aromatic rings. The molecular formula is C33H40ClN5O5. The Hall–Kier alpha value is -3.76. The number of aromatic nitrogens is 2. The van der Waals surface area contributed by atoms with Gasteiger partial charge in [-0.2, -0.15) is 0 Å². The first kappa shape index (κ1) is 31.7. The first-order chi connectivity index (χ1) is 21.2. The molecule has 0 bridgehead atoms. The minimum absolute atomic E-state index is 0.0247. The number of carbonyl (C=O) groups excluding carboxylic acids is 3. The van der Waals surface area contributed by atoms with Gasteiger partial charge >= 0.3 is 0 Å². The standard InChI is InChI=1S/C33H40ClN5O5/c1-2-6-30(41)39-16-5-7-23-19-24(9-12-28(23)39)31(42)35-15-4-3-8-29(40)37-17-13-33(44,14-18-37)21-38-22-36-27-20-25(34)10-11-26(27)32(38)43/h9-12,19-20,22,44H,2-8,13-18,21H2,1H3,(H,35,42). The van der Waals surface area contributed by atoms with Gasteiger partial charge < -0.3 is 20.2 Å². The highest BCUT2D eigenvalue weighted by atomic mass is 35.5. The van der Waals surface area contributed by atoms with Crippen LogP contribution in [0, 0.1) is 0 Å². The van der Waals surface area contributed by atoms with Gasteiger partial charge in [-0.15, -0.1) is 0 Å². The molecule has 2 aliphatic heterocycles. The Bertz CT molecular complexity index is 1600. The van der Waals surface area contributed by atoms with Gasteiger partial charge in [0.05, 0.1) is 29.4 Å². The van der Waals surface area contributed by atoms with Crippen LogP contribution in [0.2, 0.25) is 5.02 Å². The Balaban J connectivity index is 1.04. The molecule has 3 amide bonds. The van der Waals surface area contributed by atoms with E-state index in [2.05, 4.69) is 10.3 Å². The van der Waals surface area contributed by atoms with Crippen LogP contribution in [0.3, 0.4) is 0 Å². The number of nitrogens with one attached hydrogen (secondary N) is 1. The Morgan fingerprint density at radius 2 is 1.82 bits per heavy atom. The van der Waals surface area contributed by atoms with E-state index in [9.17, 15) is 24.3 Å². The summed E-state index contributed by atoms with van der Waals surface area (Å²) in [6.07, 6.45) is 6.90. The molecule has 0 unspecified atom stereocenters. The molecule has 2 aliphatic rings. The van der Waals surface area contributed by atoms with Crippen molar-refractivity contribution in [1.29, 1.82) is 0 Å². The van der Waals surface area contributed by atoms with E-state index < -0.39 is 5.60 Å². The number of piperidine rings is 1. The van der Waals surface area contributed by atoms with Gasteiger partial charge in [0.2, 0.25) is 11.8 Å². The summed E-state index contributed by atoms with van der Waals surface area (Å²) >= 11 is 6.00. The third-order valence-electron chi connectivity index (χ3n) is 8.63. The molecule has 11 heteroatoms. The van der Waals surface area contributed by atoms with E-state index in [1.807, 2.05) is 24.0 Å². The molecule has 5 rings (SSSR count). The highest BCUT2D eigenvalue weighted by molar-refractivity contribution is 6.31. The number of benzene rings is 2. The van der Waals surface area contributed by atoms with Crippen LogP contribution in [0.1, 0.15) is 74.2 Å². The number of anilines is 1. The Morgan fingerprint density at radius 1 is 1.02 bits per heavy atom. The fraction of sp³-hybridized carbons (Fsp3) is 0.485. The number of carbonyl (C=O) groups is 3. The lowest BCUT2D eigenvalue weighted by atomic mass is 9.91. The van der Waals surface area contributed by atoms with Crippen LogP contribution in [0.15, 0.2) is 47.5 Å². The second kappa shape index (κ2) is 13.9. The molecule has 0 spiro atoms. The van der Waals surface area contributed by atoms with E-state index >= 15 is 0 Å². The van der Waals surface area contributed by atoms with Crippen molar-refractivity contribution in [3.05, 3.63) is 69.2 Å². The minimum atomic E-state index is -1.10. The summed E-state index contributed by atoms with van der Waals surface area (Å²) in [5.74, 6) is -0.00475. The number of nitrogens with zero attached hydrogens (tertiary/aromatic N) is 4. The van der Waals surface area contributed by atoms with Gasteiger partial charge in [0.25, 0.3) is 11.5 Å². The maximum Gasteiger partial charge on any atom is 0.261 e. The number of rotatable bonds is 10. The van der Waals surface area contributed by atoms with E-state index in [1.54, 1.807) is 29.2 Å². The predicted molar refractivity (Wildman–Crippen MR) is 170 cm³/mol. The average molecular weight is 622 g/mol. The number of fused-ring (bicyclic) bond motifs is 2. The summed E-state index contributed by atoms with van der Waals surface area (Å²) in [6, 6.07) is 10.5. The molecule has 1 aromatic heterocycles. The summed E-state index contributed by atoms with van der Waals surface area (Å²) in [7, 11) is 0. The molecule has 1 saturated heterocycles. The fourth-order valence-corrected chi connectivity index (χ4v) is 6.27. The van der Waals surface area contributed by atoms with Gasteiger partial charge in [0.15, 0.2) is 0 Å². The van der Waals surface area contributed by atoms with Gasteiger partial charge in [-0.25, -0.2) is 4.98 Å². The first-order valence-electron chi connectivity index (χ1n) is 15.5. The van der Waals surface area contributed by atoms with Crippen LogP contribution in [-0.2, 0) is 22.6 Å². The van der Waals surface area contributed by atoms with E-state index in [0.717, 1.165) is 37.1 Å². The number of hydrogen-bond donors (Lipinski definition) is 2. The Morgan fingerprint density at radius 3 is 2.59 bits per heavy atom. The van der Waals surface area contributed by atoms with Crippen LogP contribution < -0.4 is 15.8 Å². The highest BCUT2D eigenvalue weighted by Gasteiger charge is 2.34. The molecule has 2 N–H and O–H groups in total. The smallest absolute Gasteiger partial charge is 0.261 e. The average Bonchev–Trinajstić information content (AvgIpc) is 3.02. The minimum Gasteiger partial charge on any atom is -0.388 e. The van der Waals surface area contributed by atoms with Crippen molar-refractivity contribution in [2.75, 3.05) is 31.1 Å². The molecule has 44 heavy (non-hydrogen) atoms. The zero-order valence-corrected chi connectivity index (χ0v) is 25.9. The van der Waals surface area contributed by atoms with Crippen LogP contribution in [0.5, 0.6) is 0 Å². The Labute approximate surface area is 262 Å². The summed E-state index contributed by atoms with van der Waals surface area (Å²) in [5, 5.41) is 15.1. The quantitative estimate of drug-likeness (QED) is 0.329.